The van der Waals surface area contributed by atoms with Crippen molar-refractivity contribution in [1.29, 1.82) is 0 Å². The van der Waals surface area contributed by atoms with Crippen molar-refractivity contribution in [3.8, 4) is 0 Å². The van der Waals surface area contributed by atoms with Gasteiger partial charge in [0.05, 0.1) is 17.2 Å². The van der Waals surface area contributed by atoms with E-state index in [1.54, 1.807) is 12.3 Å². The zero-order chi connectivity index (χ0) is 12.5. The van der Waals surface area contributed by atoms with Gasteiger partial charge < -0.3 is 5.73 Å². The van der Waals surface area contributed by atoms with Crippen LogP contribution in [0.1, 0.15) is 12.6 Å². The van der Waals surface area contributed by atoms with Crippen molar-refractivity contribution in [1.82, 2.24) is 14.9 Å². The largest absolute Gasteiger partial charge is 0.368 e. The quantitative estimate of drug-likeness (QED) is 0.780. The summed E-state index contributed by atoms with van der Waals surface area (Å²) in [5.41, 5.74) is 6.33. The Morgan fingerprint density at radius 1 is 1.59 bits per heavy atom. The maximum atomic E-state index is 11.4. The number of sulfone groups is 1. The summed E-state index contributed by atoms with van der Waals surface area (Å²) in [6.45, 7) is 3.08. The Hall–Kier alpha value is -1.21. The van der Waals surface area contributed by atoms with Crippen LogP contribution in [0.5, 0.6) is 0 Å². The second-order valence-electron chi connectivity index (χ2n) is 4.34. The van der Waals surface area contributed by atoms with Crippen LogP contribution in [0.4, 0.5) is 5.95 Å². The standard InChI is InChI=1S/C10H16N4O2S/c1-8-7-17(15,16)5-4-14(8)6-9-2-3-12-10(11)13-9/h2-3,8H,4-7H2,1H3,(H2,11,12,13). The predicted molar refractivity (Wildman–Crippen MR) is 65.0 cm³/mol. The van der Waals surface area contributed by atoms with Crippen molar-refractivity contribution >= 4 is 15.8 Å². The summed E-state index contributed by atoms with van der Waals surface area (Å²) in [5.74, 6) is 0.686. The number of nitrogens with two attached hydrogens (primary N) is 1. The van der Waals surface area contributed by atoms with E-state index in [1.165, 1.54) is 0 Å². The SMILES string of the molecule is CC1CS(=O)(=O)CCN1Cc1ccnc(N)n1. The second kappa shape index (κ2) is 4.58. The summed E-state index contributed by atoms with van der Waals surface area (Å²) in [4.78, 5) is 10.0. The van der Waals surface area contributed by atoms with Gasteiger partial charge in [0.15, 0.2) is 9.84 Å². The Balaban J connectivity index is 2.05. The summed E-state index contributed by atoms with van der Waals surface area (Å²) in [5, 5.41) is 0. The molecule has 1 atom stereocenters. The first-order chi connectivity index (χ1) is 7.96. The molecule has 1 saturated heterocycles. The molecule has 1 aliphatic heterocycles. The van der Waals surface area contributed by atoms with Crippen LogP contribution in [0.3, 0.4) is 0 Å². The normalized spacial score (nSPS) is 24.6. The van der Waals surface area contributed by atoms with Crippen LogP contribution < -0.4 is 5.73 Å². The fourth-order valence-corrected chi connectivity index (χ4v) is 3.60. The van der Waals surface area contributed by atoms with E-state index in [-0.39, 0.29) is 23.5 Å². The molecule has 0 spiro atoms. The average Bonchev–Trinajstić information content (AvgIpc) is 2.22. The first-order valence-corrected chi connectivity index (χ1v) is 7.30. The minimum Gasteiger partial charge on any atom is -0.368 e. The summed E-state index contributed by atoms with van der Waals surface area (Å²) < 4.78 is 22.9. The number of nitrogens with zero attached hydrogens (tertiary/aromatic N) is 3. The minimum absolute atomic E-state index is 0.0185. The Morgan fingerprint density at radius 3 is 3.00 bits per heavy atom. The molecule has 2 N–H and O–H groups in total. The van der Waals surface area contributed by atoms with Gasteiger partial charge in [0.2, 0.25) is 5.95 Å². The highest BCUT2D eigenvalue weighted by molar-refractivity contribution is 7.91. The molecule has 2 rings (SSSR count). The highest BCUT2D eigenvalue weighted by Crippen LogP contribution is 2.14. The van der Waals surface area contributed by atoms with Gasteiger partial charge in [-0.15, -0.1) is 0 Å². The van der Waals surface area contributed by atoms with Gasteiger partial charge in [-0.25, -0.2) is 18.4 Å². The zero-order valence-electron chi connectivity index (χ0n) is 9.70. The topological polar surface area (TPSA) is 89.2 Å². The van der Waals surface area contributed by atoms with Crippen LogP contribution in [0.2, 0.25) is 0 Å². The molecule has 7 heteroatoms. The lowest BCUT2D eigenvalue weighted by Crippen LogP contribution is -2.46. The van der Waals surface area contributed by atoms with Gasteiger partial charge in [-0.3, -0.25) is 4.90 Å². The first kappa shape index (κ1) is 12.3. The summed E-state index contributed by atoms with van der Waals surface area (Å²) in [6.07, 6.45) is 1.61. The van der Waals surface area contributed by atoms with Gasteiger partial charge in [0.25, 0.3) is 0 Å². The van der Waals surface area contributed by atoms with E-state index in [4.69, 9.17) is 5.73 Å². The third-order valence-corrected chi connectivity index (χ3v) is 4.70. The number of rotatable bonds is 2. The van der Waals surface area contributed by atoms with E-state index in [0.717, 1.165) is 5.69 Å². The molecule has 1 aromatic heterocycles. The van der Waals surface area contributed by atoms with Crippen molar-refractivity contribution < 1.29 is 8.42 Å². The Bertz CT molecular complexity index is 503. The molecule has 0 bridgehead atoms. The molecule has 17 heavy (non-hydrogen) atoms. The van der Waals surface area contributed by atoms with Crippen molar-refractivity contribution in [2.24, 2.45) is 0 Å². The maximum Gasteiger partial charge on any atom is 0.220 e. The highest BCUT2D eigenvalue weighted by atomic mass is 32.2. The molecule has 2 heterocycles. The van der Waals surface area contributed by atoms with E-state index in [1.807, 2.05) is 6.92 Å². The van der Waals surface area contributed by atoms with Gasteiger partial charge in [0.1, 0.15) is 0 Å². The molecule has 0 aromatic carbocycles. The van der Waals surface area contributed by atoms with Gasteiger partial charge in [0, 0.05) is 25.3 Å². The molecule has 0 radical (unpaired) electrons. The molecule has 94 valence electrons. The van der Waals surface area contributed by atoms with E-state index >= 15 is 0 Å². The molecule has 1 aromatic rings. The number of hydrogen-bond acceptors (Lipinski definition) is 6. The highest BCUT2D eigenvalue weighted by Gasteiger charge is 2.28. The van der Waals surface area contributed by atoms with Crippen molar-refractivity contribution in [2.75, 3.05) is 23.8 Å². The van der Waals surface area contributed by atoms with Crippen LogP contribution in [0.25, 0.3) is 0 Å². The van der Waals surface area contributed by atoms with Gasteiger partial charge in [-0.05, 0) is 13.0 Å². The number of hydrogen-bond donors (Lipinski definition) is 1. The van der Waals surface area contributed by atoms with Crippen molar-refractivity contribution in [3.63, 3.8) is 0 Å². The molecular formula is C10H16N4O2S. The van der Waals surface area contributed by atoms with Crippen LogP contribution in [0, 0.1) is 0 Å². The molecule has 1 fully saturated rings. The molecule has 0 saturated carbocycles. The first-order valence-electron chi connectivity index (χ1n) is 5.48. The van der Waals surface area contributed by atoms with E-state index in [2.05, 4.69) is 14.9 Å². The summed E-state index contributed by atoms with van der Waals surface area (Å²) in [7, 11) is -2.86. The van der Waals surface area contributed by atoms with Gasteiger partial charge in [-0.1, -0.05) is 0 Å². The van der Waals surface area contributed by atoms with Crippen LogP contribution in [0.15, 0.2) is 12.3 Å². The minimum atomic E-state index is -2.86. The Morgan fingerprint density at radius 2 is 2.35 bits per heavy atom. The Labute approximate surface area is 101 Å². The fraction of sp³-hybridized carbons (Fsp3) is 0.600. The van der Waals surface area contributed by atoms with Crippen LogP contribution in [-0.4, -0.2) is 47.4 Å². The van der Waals surface area contributed by atoms with Gasteiger partial charge in [-0.2, -0.15) is 0 Å². The molecule has 0 aliphatic carbocycles. The van der Waals surface area contributed by atoms with E-state index < -0.39 is 9.84 Å². The zero-order valence-corrected chi connectivity index (χ0v) is 10.5. The maximum absolute atomic E-state index is 11.4. The second-order valence-corrected chi connectivity index (χ2v) is 6.57. The Kier molecular flexibility index (Phi) is 3.30. The lowest BCUT2D eigenvalue weighted by atomic mass is 10.2. The molecule has 0 amide bonds. The number of aromatic nitrogens is 2. The molecule has 1 unspecified atom stereocenters. The molecule has 6 nitrogen and oxygen atoms in total. The third-order valence-electron chi connectivity index (χ3n) is 2.90. The molecular weight excluding hydrogens is 240 g/mol. The van der Waals surface area contributed by atoms with E-state index in [9.17, 15) is 8.42 Å². The van der Waals surface area contributed by atoms with Crippen LogP contribution >= 0.6 is 0 Å². The van der Waals surface area contributed by atoms with Crippen LogP contribution in [-0.2, 0) is 16.4 Å². The number of anilines is 1. The predicted octanol–water partition coefficient (Wildman–Crippen LogP) is -0.322. The van der Waals surface area contributed by atoms with Gasteiger partial charge >= 0.3 is 0 Å². The smallest absolute Gasteiger partial charge is 0.220 e. The van der Waals surface area contributed by atoms with E-state index in [0.29, 0.717) is 13.1 Å². The monoisotopic (exact) mass is 256 g/mol. The summed E-state index contributed by atoms with van der Waals surface area (Å²) >= 11 is 0. The molecule has 1 aliphatic rings. The van der Waals surface area contributed by atoms with Crippen molar-refractivity contribution in [3.05, 3.63) is 18.0 Å². The summed E-state index contributed by atoms with van der Waals surface area (Å²) in [6, 6.07) is 1.82. The lowest BCUT2D eigenvalue weighted by molar-refractivity contribution is 0.215. The lowest BCUT2D eigenvalue weighted by Gasteiger charge is -2.32. The third kappa shape index (κ3) is 3.13. The van der Waals surface area contributed by atoms with Crippen molar-refractivity contribution in [2.45, 2.75) is 19.5 Å². The number of nitrogen functional groups attached to an aromatic ring is 1. The average molecular weight is 256 g/mol. The fourth-order valence-electron chi connectivity index (χ4n) is 1.98.